The third-order valence-electron chi connectivity index (χ3n) is 3.08. The number of nitrogens with one attached hydrogen (secondary N) is 1. The Morgan fingerprint density at radius 3 is 2.44 bits per heavy atom. The van der Waals surface area contributed by atoms with Gasteiger partial charge < -0.3 is 10.1 Å². The van der Waals surface area contributed by atoms with Gasteiger partial charge in [0.1, 0.15) is 0 Å². The number of thioether (sulfide) groups is 1. The molecule has 0 spiro atoms. The van der Waals surface area contributed by atoms with Crippen molar-refractivity contribution < 1.29 is 19.1 Å². The molecule has 0 aliphatic heterocycles. The summed E-state index contributed by atoms with van der Waals surface area (Å²) in [6.45, 7) is 0.992. The fraction of sp³-hybridized carbons (Fsp3) is 0.105. The number of ether oxygens (including phenoxy) is 1. The van der Waals surface area contributed by atoms with Crippen LogP contribution in [0.15, 0.2) is 71.0 Å². The minimum atomic E-state index is -0.613. The van der Waals surface area contributed by atoms with Crippen LogP contribution >= 0.6 is 11.8 Å². The first-order valence-corrected chi connectivity index (χ1v) is 8.39. The molecular formula is C19H17NO4S. The second-order valence-corrected chi connectivity index (χ2v) is 5.97. The van der Waals surface area contributed by atoms with Gasteiger partial charge in [-0.2, -0.15) is 0 Å². The highest BCUT2D eigenvalue weighted by Crippen LogP contribution is 2.18. The molecular weight excluding hydrogens is 338 g/mol. The summed E-state index contributed by atoms with van der Waals surface area (Å²) in [5.74, 6) is -1.28. The van der Waals surface area contributed by atoms with Crippen molar-refractivity contribution in [3.8, 4) is 0 Å². The molecule has 0 radical (unpaired) electrons. The number of para-hydroxylation sites is 1. The third kappa shape index (κ3) is 6.27. The molecule has 0 heterocycles. The second-order valence-electron chi connectivity index (χ2n) is 4.99. The van der Waals surface area contributed by atoms with E-state index >= 15 is 0 Å². The third-order valence-corrected chi connectivity index (χ3v) is 3.89. The van der Waals surface area contributed by atoms with Crippen LogP contribution in [0.25, 0.3) is 0 Å². The van der Waals surface area contributed by atoms with E-state index in [-0.39, 0.29) is 5.78 Å². The van der Waals surface area contributed by atoms with Crippen molar-refractivity contribution in [1.29, 1.82) is 0 Å². The van der Waals surface area contributed by atoms with Gasteiger partial charge in [-0.3, -0.25) is 9.59 Å². The largest absolute Gasteiger partial charge is 0.452 e. The SMILES string of the molecule is CC(=O)c1ccccc1NC(=O)COC(=O)/C=C/Sc1ccccc1. The van der Waals surface area contributed by atoms with Crippen molar-refractivity contribution in [2.75, 3.05) is 11.9 Å². The monoisotopic (exact) mass is 355 g/mol. The summed E-state index contributed by atoms with van der Waals surface area (Å²) >= 11 is 1.37. The zero-order chi connectivity index (χ0) is 18.1. The number of esters is 1. The van der Waals surface area contributed by atoms with Crippen LogP contribution in [0.3, 0.4) is 0 Å². The van der Waals surface area contributed by atoms with Crippen LogP contribution in [0.2, 0.25) is 0 Å². The van der Waals surface area contributed by atoms with E-state index < -0.39 is 18.5 Å². The fourth-order valence-electron chi connectivity index (χ4n) is 1.94. The van der Waals surface area contributed by atoms with E-state index in [1.165, 1.54) is 24.8 Å². The van der Waals surface area contributed by atoms with Crippen molar-refractivity contribution in [2.45, 2.75) is 11.8 Å². The molecule has 0 fully saturated rings. The highest BCUT2D eigenvalue weighted by molar-refractivity contribution is 8.02. The van der Waals surface area contributed by atoms with E-state index in [2.05, 4.69) is 5.32 Å². The topological polar surface area (TPSA) is 72.5 Å². The first kappa shape index (κ1) is 18.5. The lowest BCUT2D eigenvalue weighted by Crippen LogP contribution is -2.21. The minimum absolute atomic E-state index is 0.159. The van der Waals surface area contributed by atoms with Gasteiger partial charge in [0.05, 0.1) is 5.69 Å². The smallest absolute Gasteiger partial charge is 0.331 e. The van der Waals surface area contributed by atoms with Gasteiger partial charge in [-0.25, -0.2) is 4.79 Å². The zero-order valence-corrected chi connectivity index (χ0v) is 14.4. The number of rotatable bonds is 7. The van der Waals surface area contributed by atoms with Gasteiger partial charge in [0.2, 0.25) is 0 Å². The van der Waals surface area contributed by atoms with Gasteiger partial charge in [0.15, 0.2) is 12.4 Å². The van der Waals surface area contributed by atoms with E-state index in [1.54, 1.807) is 29.7 Å². The molecule has 2 rings (SSSR count). The second kappa shape index (κ2) is 9.44. The number of Topliss-reactive ketones (excluding diaryl/α,β-unsaturated/α-hetero) is 1. The van der Waals surface area contributed by atoms with E-state index in [9.17, 15) is 14.4 Å². The maximum atomic E-state index is 11.9. The average Bonchev–Trinajstić information content (AvgIpc) is 2.61. The highest BCUT2D eigenvalue weighted by Gasteiger charge is 2.10. The molecule has 0 aliphatic rings. The summed E-state index contributed by atoms with van der Waals surface area (Å²) in [6, 6.07) is 16.2. The Kier molecular flexibility index (Phi) is 6.98. The van der Waals surface area contributed by atoms with Crippen LogP contribution in [0.4, 0.5) is 5.69 Å². The number of amides is 1. The first-order chi connectivity index (χ1) is 12.1. The summed E-state index contributed by atoms with van der Waals surface area (Å²) in [5, 5.41) is 4.16. The Morgan fingerprint density at radius 2 is 1.72 bits per heavy atom. The molecule has 0 bridgehead atoms. The number of benzene rings is 2. The van der Waals surface area contributed by atoms with E-state index in [1.807, 2.05) is 30.3 Å². The molecule has 0 saturated heterocycles. The van der Waals surface area contributed by atoms with Crippen LogP contribution in [0.1, 0.15) is 17.3 Å². The lowest BCUT2D eigenvalue weighted by atomic mass is 10.1. The Morgan fingerprint density at radius 1 is 1.04 bits per heavy atom. The van der Waals surface area contributed by atoms with Gasteiger partial charge in [-0.15, -0.1) is 0 Å². The summed E-state index contributed by atoms with van der Waals surface area (Å²) in [6.07, 6.45) is 1.26. The molecule has 1 amide bonds. The molecule has 6 heteroatoms. The molecule has 0 aromatic heterocycles. The Labute approximate surface area is 150 Å². The number of hydrogen-bond donors (Lipinski definition) is 1. The minimum Gasteiger partial charge on any atom is -0.452 e. The van der Waals surface area contributed by atoms with Gasteiger partial charge in [0.25, 0.3) is 5.91 Å². The average molecular weight is 355 g/mol. The molecule has 5 nitrogen and oxygen atoms in total. The highest BCUT2D eigenvalue weighted by atomic mass is 32.2. The number of hydrogen-bond acceptors (Lipinski definition) is 5. The van der Waals surface area contributed by atoms with Gasteiger partial charge in [-0.1, -0.05) is 42.1 Å². The fourth-order valence-corrected chi connectivity index (χ4v) is 2.59. The molecule has 128 valence electrons. The maximum Gasteiger partial charge on any atom is 0.331 e. The van der Waals surface area contributed by atoms with Crippen molar-refractivity contribution in [2.24, 2.45) is 0 Å². The summed E-state index contributed by atoms with van der Waals surface area (Å²) in [7, 11) is 0. The number of carbonyl (C=O) groups excluding carboxylic acids is 3. The first-order valence-electron chi connectivity index (χ1n) is 7.51. The molecule has 0 aliphatic carbocycles. The summed E-state index contributed by atoms with van der Waals surface area (Å²) < 4.78 is 4.88. The molecule has 0 atom stereocenters. The lowest BCUT2D eigenvalue weighted by Gasteiger charge is -2.08. The predicted molar refractivity (Wildman–Crippen MR) is 97.5 cm³/mol. The number of ketones is 1. The Bertz CT molecular complexity index is 787. The van der Waals surface area contributed by atoms with Gasteiger partial charge in [-0.05, 0) is 36.6 Å². The van der Waals surface area contributed by atoms with Crippen LogP contribution in [0, 0.1) is 0 Å². The predicted octanol–water partition coefficient (Wildman–Crippen LogP) is 3.68. The van der Waals surface area contributed by atoms with Crippen molar-refractivity contribution in [3.05, 3.63) is 71.6 Å². The van der Waals surface area contributed by atoms with Gasteiger partial charge in [0, 0.05) is 16.5 Å². The summed E-state index contributed by atoms with van der Waals surface area (Å²) in [4.78, 5) is 36.0. The quantitative estimate of drug-likeness (QED) is 0.355. The number of carbonyl (C=O) groups is 3. The van der Waals surface area contributed by atoms with Crippen molar-refractivity contribution >= 4 is 35.1 Å². The standard InChI is InChI=1S/C19H17NO4S/c1-14(21)16-9-5-6-10-17(16)20-18(22)13-24-19(23)11-12-25-15-7-3-2-4-8-15/h2-12H,13H2,1H3,(H,20,22)/b12-11+. The van der Waals surface area contributed by atoms with Crippen LogP contribution < -0.4 is 5.32 Å². The number of anilines is 1. The summed E-state index contributed by atoms with van der Waals surface area (Å²) in [5.41, 5.74) is 0.799. The van der Waals surface area contributed by atoms with Crippen molar-refractivity contribution in [3.63, 3.8) is 0 Å². The lowest BCUT2D eigenvalue weighted by molar-refractivity contribution is -0.142. The normalized spacial score (nSPS) is 10.4. The Hall–Kier alpha value is -2.86. The van der Waals surface area contributed by atoms with E-state index in [4.69, 9.17) is 4.74 Å². The maximum absolute atomic E-state index is 11.9. The van der Waals surface area contributed by atoms with Crippen molar-refractivity contribution in [1.82, 2.24) is 0 Å². The van der Waals surface area contributed by atoms with Gasteiger partial charge >= 0.3 is 5.97 Å². The molecule has 1 N–H and O–H groups in total. The zero-order valence-electron chi connectivity index (χ0n) is 13.6. The molecule has 2 aromatic rings. The van der Waals surface area contributed by atoms with E-state index in [0.29, 0.717) is 11.3 Å². The molecule has 0 unspecified atom stereocenters. The van der Waals surface area contributed by atoms with Crippen LogP contribution in [0.5, 0.6) is 0 Å². The van der Waals surface area contributed by atoms with Crippen LogP contribution in [-0.4, -0.2) is 24.3 Å². The molecule has 2 aromatic carbocycles. The van der Waals surface area contributed by atoms with E-state index in [0.717, 1.165) is 4.90 Å². The Balaban J connectivity index is 1.80. The van der Waals surface area contributed by atoms with Crippen LogP contribution in [-0.2, 0) is 14.3 Å². The molecule has 25 heavy (non-hydrogen) atoms. The molecule has 0 saturated carbocycles.